The van der Waals surface area contributed by atoms with E-state index in [-0.39, 0.29) is 5.82 Å². The van der Waals surface area contributed by atoms with E-state index >= 15 is 0 Å². The normalized spacial score (nSPS) is 13.3. The van der Waals surface area contributed by atoms with E-state index < -0.39 is 6.10 Å². The van der Waals surface area contributed by atoms with Crippen LogP contribution in [-0.4, -0.2) is 5.11 Å². The van der Waals surface area contributed by atoms with Crippen molar-refractivity contribution < 1.29 is 9.50 Å². The van der Waals surface area contributed by atoms with E-state index in [1.165, 1.54) is 6.07 Å². The van der Waals surface area contributed by atoms with Gasteiger partial charge in [0.1, 0.15) is 5.82 Å². The Morgan fingerprint density at radius 2 is 1.87 bits per heavy atom. The Labute approximate surface area is 90.9 Å². The summed E-state index contributed by atoms with van der Waals surface area (Å²) in [5.74, 6) is 0.0701. The van der Waals surface area contributed by atoms with Crippen LogP contribution in [0.2, 0.25) is 0 Å². The van der Waals surface area contributed by atoms with Gasteiger partial charge >= 0.3 is 0 Å². The second-order valence-corrected chi connectivity index (χ2v) is 4.62. The van der Waals surface area contributed by atoms with Crippen molar-refractivity contribution in [3.05, 3.63) is 34.6 Å². The molecule has 0 heterocycles. The molecule has 0 amide bonds. The number of rotatable bonds is 3. The molecule has 0 saturated carbocycles. The molecule has 1 aromatic carbocycles. The molecule has 2 heteroatoms. The predicted molar refractivity (Wildman–Crippen MR) is 60.3 cm³/mol. The number of hydrogen-bond donors (Lipinski definition) is 1. The molecule has 0 aromatic heterocycles. The van der Waals surface area contributed by atoms with Gasteiger partial charge in [0, 0.05) is 5.56 Å². The number of halogens is 1. The van der Waals surface area contributed by atoms with E-state index in [2.05, 4.69) is 0 Å². The molecular formula is C13H19FO. The van der Waals surface area contributed by atoms with Crippen LogP contribution in [0.15, 0.2) is 12.1 Å². The van der Waals surface area contributed by atoms with E-state index in [1.807, 2.05) is 33.8 Å². The lowest BCUT2D eigenvalue weighted by atomic mass is 9.94. The van der Waals surface area contributed by atoms with Crippen LogP contribution in [0.5, 0.6) is 0 Å². The van der Waals surface area contributed by atoms with Gasteiger partial charge in [-0.1, -0.05) is 19.9 Å². The Balaban J connectivity index is 3.03. The lowest BCUT2D eigenvalue weighted by molar-refractivity contribution is 0.146. The minimum absolute atomic E-state index is 0.291. The maximum absolute atomic E-state index is 13.7. The van der Waals surface area contributed by atoms with Crippen LogP contribution in [0, 0.1) is 25.6 Å². The number of aliphatic hydroxyl groups is 1. The van der Waals surface area contributed by atoms with Crippen molar-refractivity contribution in [2.24, 2.45) is 5.92 Å². The Bertz CT molecular complexity index is 321. The van der Waals surface area contributed by atoms with E-state index in [0.29, 0.717) is 17.9 Å². The van der Waals surface area contributed by atoms with Crippen LogP contribution >= 0.6 is 0 Å². The summed E-state index contributed by atoms with van der Waals surface area (Å²) in [6, 6.07) is 3.38. The monoisotopic (exact) mass is 210 g/mol. The van der Waals surface area contributed by atoms with Gasteiger partial charge in [-0.3, -0.25) is 0 Å². The molecule has 1 rings (SSSR count). The molecule has 0 bridgehead atoms. The van der Waals surface area contributed by atoms with Gasteiger partial charge in [-0.15, -0.1) is 0 Å². The van der Waals surface area contributed by atoms with Crippen LogP contribution in [0.1, 0.15) is 43.1 Å². The van der Waals surface area contributed by atoms with Crippen molar-refractivity contribution in [2.75, 3.05) is 0 Å². The SMILES string of the molecule is Cc1cc(C)c(C(O)CC(C)C)c(F)c1. The largest absolute Gasteiger partial charge is 0.388 e. The first-order chi connectivity index (χ1) is 6.91. The van der Waals surface area contributed by atoms with Gasteiger partial charge < -0.3 is 5.11 Å². The van der Waals surface area contributed by atoms with Crippen LogP contribution in [-0.2, 0) is 0 Å². The molecular weight excluding hydrogens is 191 g/mol. The highest BCUT2D eigenvalue weighted by Gasteiger charge is 2.16. The van der Waals surface area contributed by atoms with Gasteiger partial charge in [0.05, 0.1) is 6.10 Å². The number of hydrogen-bond acceptors (Lipinski definition) is 1. The first-order valence-electron chi connectivity index (χ1n) is 5.36. The summed E-state index contributed by atoms with van der Waals surface area (Å²) in [5.41, 5.74) is 2.18. The van der Waals surface area contributed by atoms with E-state index in [0.717, 1.165) is 11.1 Å². The molecule has 0 aliphatic carbocycles. The topological polar surface area (TPSA) is 20.2 Å². The standard InChI is InChI=1S/C13H19FO/c1-8(2)5-12(15)13-10(4)6-9(3)7-11(13)14/h6-8,12,15H,5H2,1-4H3. The second-order valence-electron chi connectivity index (χ2n) is 4.62. The zero-order chi connectivity index (χ0) is 11.6. The van der Waals surface area contributed by atoms with Crippen LogP contribution in [0.4, 0.5) is 4.39 Å². The molecule has 1 atom stereocenters. The van der Waals surface area contributed by atoms with Crippen LogP contribution < -0.4 is 0 Å². The number of aliphatic hydroxyl groups excluding tert-OH is 1. The predicted octanol–water partition coefficient (Wildman–Crippen LogP) is 3.52. The zero-order valence-electron chi connectivity index (χ0n) is 9.84. The minimum atomic E-state index is -0.689. The van der Waals surface area contributed by atoms with Gasteiger partial charge in [0.2, 0.25) is 0 Å². The lowest BCUT2D eigenvalue weighted by Gasteiger charge is -2.17. The fourth-order valence-electron chi connectivity index (χ4n) is 1.91. The third-order valence-electron chi connectivity index (χ3n) is 2.51. The van der Waals surface area contributed by atoms with Gasteiger partial charge in [-0.05, 0) is 43.4 Å². The smallest absolute Gasteiger partial charge is 0.129 e. The van der Waals surface area contributed by atoms with Crippen molar-refractivity contribution >= 4 is 0 Å². The molecule has 0 saturated heterocycles. The average molecular weight is 210 g/mol. The zero-order valence-corrected chi connectivity index (χ0v) is 9.84. The van der Waals surface area contributed by atoms with E-state index in [9.17, 15) is 9.50 Å². The Morgan fingerprint density at radius 3 is 2.33 bits per heavy atom. The maximum Gasteiger partial charge on any atom is 0.129 e. The van der Waals surface area contributed by atoms with Crippen LogP contribution in [0.3, 0.4) is 0 Å². The molecule has 84 valence electrons. The fourth-order valence-corrected chi connectivity index (χ4v) is 1.91. The summed E-state index contributed by atoms with van der Waals surface area (Å²) >= 11 is 0. The van der Waals surface area contributed by atoms with Gasteiger partial charge in [-0.25, -0.2) is 4.39 Å². The van der Waals surface area contributed by atoms with Crippen molar-refractivity contribution in [2.45, 2.75) is 40.2 Å². The highest BCUT2D eigenvalue weighted by Crippen LogP contribution is 2.27. The molecule has 1 unspecified atom stereocenters. The van der Waals surface area contributed by atoms with Crippen molar-refractivity contribution in [1.29, 1.82) is 0 Å². The first kappa shape index (κ1) is 12.2. The highest BCUT2D eigenvalue weighted by atomic mass is 19.1. The molecule has 0 fully saturated rings. The molecule has 1 N–H and O–H groups in total. The molecule has 1 aromatic rings. The number of benzene rings is 1. The second kappa shape index (κ2) is 4.75. The Kier molecular flexibility index (Phi) is 3.86. The van der Waals surface area contributed by atoms with E-state index in [1.54, 1.807) is 0 Å². The summed E-state index contributed by atoms with van der Waals surface area (Å²) in [7, 11) is 0. The minimum Gasteiger partial charge on any atom is -0.388 e. The van der Waals surface area contributed by atoms with Crippen molar-refractivity contribution in [3.63, 3.8) is 0 Å². The quantitative estimate of drug-likeness (QED) is 0.809. The molecule has 1 nitrogen and oxygen atoms in total. The van der Waals surface area contributed by atoms with Crippen molar-refractivity contribution in [1.82, 2.24) is 0 Å². The summed E-state index contributed by atoms with van der Waals surface area (Å²) in [5, 5.41) is 9.90. The highest BCUT2D eigenvalue weighted by molar-refractivity contribution is 5.33. The number of aryl methyl sites for hydroxylation is 2. The Morgan fingerprint density at radius 1 is 1.27 bits per heavy atom. The lowest BCUT2D eigenvalue weighted by Crippen LogP contribution is -2.07. The average Bonchev–Trinajstić information content (AvgIpc) is 1.99. The fraction of sp³-hybridized carbons (Fsp3) is 0.538. The van der Waals surface area contributed by atoms with Crippen LogP contribution in [0.25, 0.3) is 0 Å². The summed E-state index contributed by atoms with van der Waals surface area (Å²) in [6.07, 6.45) is -0.0912. The summed E-state index contributed by atoms with van der Waals surface area (Å²) in [4.78, 5) is 0. The molecule has 0 aliphatic heterocycles. The van der Waals surface area contributed by atoms with Gasteiger partial charge in [0.25, 0.3) is 0 Å². The summed E-state index contributed by atoms with van der Waals surface area (Å²) < 4.78 is 13.7. The molecule has 0 aliphatic rings. The summed E-state index contributed by atoms with van der Waals surface area (Å²) in [6.45, 7) is 7.74. The van der Waals surface area contributed by atoms with E-state index in [4.69, 9.17) is 0 Å². The third-order valence-corrected chi connectivity index (χ3v) is 2.51. The molecule has 15 heavy (non-hydrogen) atoms. The Hall–Kier alpha value is -0.890. The first-order valence-corrected chi connectivity index (χ1v) is 5.36. The molecule has 0 spiro atoms. The molecule has 0 radical (unpaired) electrons. The maximum atomic E-state index is 13.7. The third kappa shape index (κ3) is 3.03. The van der Waals surface area contributed by atoms with Gasteiger partial charge in [0.15, 0.2) is 0 Å². The van der Waals surface area contributed by atoms with Gasteiger partial charge in [-0.2, -0.15) is 0 Å². The van der Waals surface area contributed by atoms with Crippen molar-refractivity contribution in [3.8, 4) is 0 Å².